The summed E-state index contributed by atoms with van der Waals surface area (Å²) in [4.78, 5) is 1.77. The molecule has 1 heterocycles. The van der Waals surface area contributed by atoms with Crippen molar-refractivity contribution in [1.82, 2.24) is 15.1 Å². The van der Waals surface area contributed by atoms with Crippen LogP contribution in [0.3, 0.4) is 0 Å². The van der Waals surface area contributed by atoms with Crippen LogP contribution in [0.1, 0.15) is 24.2 Å². The molecule has 0 atom stereocenters. The predicted molar refractivity (Wildman–Crippen MR) is 46.4 cm³/mol. The third-order valence-corrected chi connectivity index (χ3v) is 2.35. The maximum atomic E-state index is 3.97. The third-order valence-electron chi connectivity index (χ3n) is 2.35. The summed E-state index contributed by atoms with van der Waals surface area (Å²) >= 11 is 0. The molecule has 0 amide bonds. The van der Waals surface area contributed by atoms with Crippen molar-refractivity contribution in [3.05, 3.63) is 11.4 Å². The van der Waals surface area contributed by atoms with Gasteiger partial charge < -0.3 is 5.43 Å². The van der Waals surface area contributed by atoms with E-state index in [1.54, 1.807) is 4.79 Å². The lowest BCUT2D eigenvalue weighted by atomic mass is 10.4. The van der Waals surface area contributed by atoms with Gasteiger partial charge in [0.1, 0.15) is 0 Å². The number of aromatic nitrogens is 3. The summed E-state index contributed by atoms with van der Waals surface area (Å²) in [5, 5.41) is 7.94. The summed E-state index contributed by atoms with van der Waals surface area (Å²) in [5.41, 5.74) is 5.34. The highest BCUT2D eigenvalue weighted by molar-refractivity contribution is 5.06. The van der Waals surface area contributed by atoms with Crippen molar-refractivity contribution < 1.29 is 0 Å². The van der Waals surface area contributed by atoms with Gasteiger partial charge in [-0.15, -0.1) is 5.10 Å². The summed E-state index contributed by atoms with van der Waals surface area (Å²) in [6, 6.07) is 0. The van der Waals surface area contributed by atoms with Crippen molar-refractivity contribution in [3.8, 4) is 0 Å². The average molecular weight is 166 g/mol. The maximum absolute atomic E-state index is 3.97. The van der Waals surface area contributed by atoms with E-state index >= 15 is 0 Å². The normalized spacial score (nSPS) is 16.5. The lowest BCUT2D eigenvalue weighted by Gasteiger charge is -2.05. The zero-order valence-corrected chi connectivity index (χ0v) is 7.54. The quantitative estimate of drug-likeness (QED) is 0.723. The minimum absolute atomic E-state index is 0.869. The van der Waals surface area contributed by atoms with E-state index in [-0.39, 0.29) is 0 Å². The van der Waals surface area contributed by atoms with E-state index < -0.39 is 0 Å². The van der Waals surface area contributed by atoms with Gasteiger partial charge in [-0.25, -0.2) is 0 Å². The van der Waals surface area contributed by atoms with Gasteiger partial charge in [0.15, 0.2) is 0 Å². The van der Waals surface area contributed by atoms with Gasteiger partial charge in [-0.2, -0.15) is 4.79 Å². The van der Waals surface area contributed by atoms with Crippen molar-refractivity contribution >= 4 is 0 Å². The topological polar surface area (TPSA) is 42.7 Å². The van der Waals surface area contributed by atoms with Crippen LogP contribution in [0.5, 0.6) is 0 Å². The van der Waals surface area contributed by atoms with Crippen molar-refractivity contribution in [2.75, 3.05) is 12.0 Å². The summed E-state index contributed by atoms with van der Waals surface area (Å²) < 4.78 is 0. The average Bonchev–Trinajstić information content (AvgIpc) is 2.82. The molecule has 4 heteroatoms. The fraction of sp³-hybridized carbons (Fsp3) is 0.750. The lowest BCUT2D eigenvalue weighted by Crippen LogP contribution is -2.20. The molecular formula is C8H14N4. The van der Waals surface area contributed by atoms with Crippen LogP contribution in [0, 0.1) is 19.8 Å². The molecule has 12 heavy (non-hydrogen) atoms. The molecule has 1 aliphatic carbocycles. The first-order valence-corrected chi connectivity index (χ1v) is 4.40. The Hall–Kier alpha value is -1.06. The molecule has 0 aromatic carbocycles. The lowest BCUT2D eigenvalue weighted by molar-refractivity contribution is 0.652. The van der Waals surface area contributed by atoms with Crippen molar-refractivity contribution in [2.24, 2.45) is 5.92 Å². The minimum Gasteiger partial charge on any atom is -0.308 e. The highest BCUT2D eigenvalue weighted by Gasteiger charge is 2.21. The molecule has 0 aliphatic heterocycles. The maximum Gasteiger partial charge on any atom is 0.0847 e. The fourth-order valence-electron chi connectivity index (χ4n) is 1.09. The van der Waals surface area contributed by atoms with E-state index in [9.17, 15) is 0 Å². The molecule has 4 nitrogen and oxygen atoms in total. The van der Waals surface area contributed by atoms with Crippen molar-refractivity contribution in [2.45, 2.75) is 26.7 Å². The highest BCUT2D eigenvalue weighted by atomic mass is 15.6. The Morgan fingerprint density at radius 3 is 2.75 bits per heavy atom. The van der Waals surface area contributed by atoms with Crippen LogP contribution >= 0.6 is 0 Å². The van der Waals surface area contributed by atoms with E-state index in [0.29, 0.717) is 0 Å². The molecule has 0 saturated heterocycles. The molecular weight excluding hydrogens is 152 g/mol. The first-order valence-electron chi connectivity index (χ1n) is 4.40. The molecule has 1 aromatic heterocycles. The van der Waals surface area contributed by atoms with Gasteiger partial charge in [0.2, 0.25) is 0 Å². The van der Waals surface area contributed by atoms with Crippen LogP contribution in [0.15, 0.2) is 0 Å². The largest absolute Gasteiger partial charge is 0.308 e. The summed E-state index contributed by atoms with van der Waals surface area (Å²) in [5.74, 6) is 0.869. The standard InChI is InChI=1S/C8H14N4/c1-6-7(2)12(11-10-6)9-5-8-3-4-8/h8-9H,3-5H2,1-2H3. The Balaban J connectivity index is 1.96. The van der Waals surface area contributed by atoms with Crippen LogP contribution in [-0.4, -0.2) is 21.6 Å². The number of rotatable bonds is 3. The molecule has 0 unspecified atom stereocenters. The van der Waals surface area contributed by atoms with Gasteiger partial charge in [-0.1, -0.05) is 0 Å². The van der Waals surface area contributed by atoms with Crippen molar-refractivity contribution in [3.63, 3.8) is 0 Å². The van der Waals surface area contributed by atoms with E-state index in [1.165, 1.54) is 12.8 Å². The number of nitrogens with zero attached hydrogens (tertiary/aromatic N) is 3. The molecule has 1 N–H and O–H groups in total. The molecule has 66 valence electrons. The predicted octanol–water partition coefficient (Wildman–Crippen LogP) is 0.848. The van der Waals surface area contributed by atoms with Gasteiger partial charge in [0.05, 0.1) is 11.4 Å². The second-order valence-electron chi connectivity index (χ2n) is 3.48. The Bertz CT molecular complexity index is 275. The van der Waals surface area contributed by atoms with Gasteiger partial charge in [0.25, 0.3) is 0 Å². The molecule has 1 aromatic rings. The number of hydrogen-bond donors (Lipinski definition) is 1. The first-order chi connectivity index (χ1) is 5.77. The number of aryl methyl sites for hydroxylation is 1. The van der Waals surface area contributed by atoms with Crippen LogP contribution in [0.2, 0.25) is 0 Å². The van der Waals surface area contributed by atoms with Crippen molar-refractivity contribution in [1.29, 1.82) is 0 Å². The van der Waals surface area contributed by atoms with E-state index in [4.69, 9.17) is 0 Å². The molecule has 2 rings (SSSR count). The fourth-order valence-corrected chi connectivity index (χ4v) is 1.09. The highest BCUT2D eigenvalue weighted by Crippen LogP contribution is 2.27. The first kappa shape index (κ1) is 7.58. The molecule has 1 aliphatic rings. The zero-order valence-electron chi connectivity index (χ0n) is 7.54. The van der Waals surface area contributed by atoms with Crippen LogP contribution in [0.25, 0.3) is 0 Å². The van der Waals surface area contributed by atoms with Crippen LogP contribution < -0.4 is 5.43 Å². The second-order valence-corrected chi connectivity index (χ2v) is 3.48. The Kier molecular flexibility index (Phi) is 1.75. The van der Waals surface area contributed by atoms with Gasteiger partial charge in [-0.3, -0.25) is 0 Å². The molecule has 0 bridgehead atoms. The Morgan fingerprint density at radius 2 is 2.25 bits per heavy atom. The van der Waals surface area contributed by atoms with E-state index in [1.807, 2.05) is 13.8 Å². The molecule has 1 fully saturated rings. The summed E-state index contributed by atoms with van der Waals surface area (Å²) in [6.07, 6.45) is 2.72. The minimum atomic E-state index is 0.869. The Labute approximate surface area is 71.9 Å². The molecule has 0 spiro atoms. The van der Waals surface area contributed by atoms with Gasteiger partial charge in [-0.05, 0) is 37.8 Å². The zero-order chi connectivity index (χ0) is 8.55. The second kappa shape index (κ2) is 2.77. The van der Waals surface area contributed by atoms with Gasteiger partial charge in [0, 0.05) is 6.54 Å². The van der Waals surface area contributed by atoms with E-state index in [0.717, 1.165) is 23.9 Å². The van der Waals surface area contributed by atoms with Crippen LogP contribution in [0.4, 0.5) is 0 Å². The molecule has 1 saturated carbocycles. The smallest absolute Gasteiger partial charge is 0.0847 e. The SMILES string of the molecule is Cc1nnn(NCC2CC2)c1C. The van der Waals surface area contributed by atoms with Gasteiger partial charge >= 0.3 is 0 Å². The Morgan fingerprint density at radius 1 is 1.50 bits per heavy atom. The summed E-state index contributed by atoms with van der Waals surface area (Å²) in [6.45, 7) is 5.02. The molecule has 0 radical (unpaired) electrons. The number of nitrogens with one attached hydrogen (secondary N) is 1. The monoisotopic (exact) mass is 166 g/mol. The number of hydrogen-bond acceptors (Lipinski definition) is 3. The summed E-state index contributed by atoms with van der Waals surface area (Å²) in [7, 11) is 0. The third kappa shape index (κ3) is 1.42. The van der Waals surface area contributed by atoms with Crippen LogP contribution in [-0.2, 0) is 0 Å². The van der Waals surface area contributed by atoms with E-state index in [2.05, 4.69) is 15.7 Å².